The van der Waals surface area contributed by atoms with E-state index in [0.717, 1.165) is 37.3 Å². The number of nitrogens with one attached hydrogen (secondary N) is 1. The Bertz CT molecular complexity index is 458. The second kappa shape index (κ2) is 4.75. The van der Waals surface area contributed by atoms with E-state index in [1.54, 1.807) is 0 Å². The van der Waals surface area contributed by atoms with Crippen molar-refractivity contribution >= 4 is 11.5 Å². The van der Waals surface area contributed by atoms with E-state index >= 15 is 0 Å². The van der Waals surface area contributed by atoms with Gasteiger partial charge in [0.2, 0.25) is 0 Å². The maximum atomic E-state index is 12.5. The molecule has 2 aliphatic rings. The van der Waals surface area contributed by atoms with Gasteiger partial charge >= 0.3 is 0 Å². The Hall–Kier alpha value is -1.31. The molecule has 0 spiro atoms. The average molecular weight is 243 g/mol. The van der Waals surface area contributed by atoms with E-state index in [9.17, 15) is 4.79 Å². The third kappa shape index (κ3) is 2.16. The van der Waals surface area contributed by atoms with Crippen LogP contribution in [0, 0.1) is 11.8 Å². The van der Waals surface area contributed by atoms with E-state index in [4.69, 9.17) is 0 Å². The Morgan fingerprint density at radius 2 is 2.00 bits per heavy atom. The maximum Gasteiger partial charge on any atom is 0.166 e. The van der Waals surface area contributed by atoms with Crippen molar-refractivity contribution in [3.8, 4) is 0 Å². The van der Waals surface area contributed by atoms with Gasteiger partial charge in [-0.2, -0.15) is 0 Å². The lowest BCUT2D eigenvalue weighted by atomic mass is 9.79. The molecular formula is C16H21NO. The number of rotatable bonds is 2. The third-order valence-corrected chi connectivity index (χ3v) is 4.49. The molecule has 1 aromatic rings. The van der Waals surface area contributed by atoms with E-state index in [0.29, 0.717) is 5.78 Å². The van der Waals surface area contributed by atoms with Gasteiger partial charge < -0.3 is 5.32 Å². The fourth-order valence-electron chi connectivity index (χ4n) is 3.20. The number of fused-ring (bicyclic) bond motifs is 1. The minimum Gasteiger partial charge on any atom is -0.384 e. The first kappa shape index (κ1) is 11.8. The Morgan fingerprint density at radius 3 is 2.78 bits per heavy atom. The Balaban J connectivity index is 1.76. The van der Waals surface area contributed by atoms with Crippen molar-refractivity contribution in [2.24, 2.45) is 11.8 Å². The van der Waals surface area contributed by atoms with Gasteiger partial charge in [-0.05, 0) is 36.8 Å². The number of anilines is 1. The standard InChI is InChI=1S/C16H21NO/c1-11-2-4-13(5-3-11)16(18)14-7-6-12-8-9-17-15(12)10-14/h6-7,10-11,13,17H,2-5,8-9H2,1H3. The summed E-state index contributed by atoms with van der Waals surface area (Å²) < 4.78 is 0. The van der Waals surface area contributed by atoms with Crippen molar-refractivity contribution in [1.82, 2.24) is 0 Å². The highest BCUT2D eigenvalue weighted by atomic mass is 16.1. The zero-order chi connectivity index (χ0) is 12.5. The van der Waals surface area contributed by atoms with Crippen LogP contribution in [0.1, 0.15) is 48.5 Å². The lowest BCUT2D eigenvalue weighted by molar-refractivity contribution is 0.0876. The van der Waals surface area contributed by atoms with Crippen LogP contribution in [0.4, 0.5) is 5.69 Å². The fourth-order valence-corrected chi connectivity index (χ4v) is 3.20. The molecule has 1 aliphatic carbocycles. The van der Waals surface area contributed by atoms with Crippen molar-refractivity contribution in [3.63, 3.8) is 0 Å². The van der Waals surface area contributed by atoms with Crippen molar-refractivity contribution < 1.29 is 4.79 Å². The van der Waals surface area contributed by atoms with Crippen LogP contribution in [-0.2, 0) is 6.42 Å². The highest BCUT2D eigenvalue weighted by molar-refractivity contribution is 5.99. The topological polar surface area (TPSA) is 29.1 Å². The normalized spacial score (nSPS) is 26.5. The lowest BCUT2D eigenvalue weighted by Gasteiger charge is -2.25. The van der Waals surface area contributed by atoms with Crippen molar-refractivity contribution in [1.29, 1.82) is 0 Å². The molecule has 0 amide bonds. The molecule has 2 heteroatoms. The van der Waals surface area contributed by atoms with Crippen molar-refractivity contribution in [2.75, 3.05) is 11.9 Å². The molecule has 0 aromatic heterocycles. The van der Waals surface area contributed by atoms with E-state index in [-0.39, 0.29) is 5.92 Å². The monoisotopic (exact) mass is 243 g/mol. The number of Topliss-reactive ketones (excluding diaryl/α,β-unsaturated/α-hetero) is 1. The van der Waals surface area contributed by atoms with Gasteiger partial charge in [-0.15, -0.1) is 0 Å². The molecule has 1 aromatic carbocycles. The van der Waals surface area contributed by atoms with Crippen LogP contribution in [0.5, 0.6) is 0 Å². The Morgan fingerprint density at radius 1 is 1.22 bits per heavy atom. The van der Waals surface area contributed by atoms with Gasteiger partial charge in [-0.3, -0.25) is 4.79 Å². The van der Waals surface area contributed by atoms with Crippen LogP contribution in [0.25, 0.3) is 0 Å². The first-order valence-electron chi connectivity index (χ1n) is 7.15. The van der Waals surface area contributed by atoms with Gasteiger partial charge in [0.15, 0.2) is 5.78 Å². The highest BCUT2D eigenvalue weighted by Crippen LogP contribution is 2.32. The number of carbonyl (C=O) groups is 1. The van der Waals surface area contributed by atoms with Gasteiger partial charge in [-0.25, -0.2) is 0 Å². The van der Waals surface area contributed by atoms with Crippen LogP contribution in [0.15, 0.2) is 18.2 Å². The molecule has 18 heavy (non-hydrogen) atoms. The summed E-state index contributed by atoms with van der Waals surface area (Å²) in [5.74, 6) is 1.43. The predicted molar refractivity (Wildman–Crippen MR) is 74.1 cm³/mol. The summed E-state index contributed by atoms with van der Waals surface area (Å²) in [4.78, 5) is 12.5. The molecule has 1 aliphatic heterocycles. The first-order chi connectivity index (χ1) is 8.74. The first-order valence-corrected chi connectivity index (χ1v) is 7.15. The molecule has 0 radical (unpaired) electrons. The molecule has 1 N–H and O–H groups in total. The minimum absolute atomic E-state index is 0.264. The summed E-state index contributed by atoms with van der Waals surface area (Å²) in [5.41, 5.74) is 3.43. The summed E-state index contributed by atoms with van der Waals surface area (Å²) in [6.07, 6.45) is 5.65. The van der Waals surface area contributed by atoms with Crippen LogP contribution in [0.2, 0.25) is 0 Å². The quantitative estimate of drug-likeness (QED) is 0.803. The molecule has 1 saturated carbocycles. The predicted octanol–water partition coefficient (Wildman–Crippen LogP) is 3.66. The Kier molecular flexibility index (Phi) is 3.11. The van der Waals surface area contributed by atoms with Gasteiger partial charge in [-0.1, -0.05) is 31.9 Å². The number of carbonyl (C=O) groups excluding carboxylic acids is 1. The van der Waals surface area contributed by atoms with Crippen molar-refractivity contribution in [3.05, 3.63) is 29.3 Å². The summed E-state index contributed by atoms with van der Waals surface area (Å²) in [5, 5.41) is 3.35. The summed E-state index contributed by atoms with van der Waals surface area (Å²) in [7, 11) is 0. The van der Waals surface area contributed by atoms with Crippen molar-refractivity contribution in [2.45, 2.75) is 39.0 Å². The largest absolute Gasteiger partial charge is 0.384 e. The minimum atomic E-state index is 0.264. The second-order valence-electron chi connectivity index (χ2n) is 5.87. The lowest BCUT2D eigenvalue weighted by Crippen LogP contribution is -2.21. The highest BCUT2D eigenvalue weighted by Gasteiger charge is 2.25. The number of hydrogen-bond acceptors (Lipinski definition) is 2. The van der Waals surface area contributed by atoms with Gasteiger partial charge in [0, 0.05) is 23.7 Å². The number of benzene rings is 1. The summed E-state index contributed by atoms with van der Waals surface area (Å²) in [6.45, 7) is 3.30. The molecule has 3 rings (SSSR count). The SMILES string of the molecule is CC1CCC(C(=O)c2ccc3c(c2)NCC3)CC1. The Labute approximate surface area is 109 Å². The average Bonchev–Trinajstić information content (AvgIpc) is 2.86. The smallest absolute Gasteiger partial charge is 0.166 e. The zero-order valence-electron chi connectivity index (χ0n) is 11.0. The molecule has 0 bridgehead atoms. The second-order valence-corrected chi connectivity index (χ2v) is 5.87. The number of ketones is 1. The molecule has 1 heterocycles. The van der Waals surface area contributed by atoms with E-state index < -0.39 is 0 Å². The van der Waals surface area contributed by atoms with Gasteiger partial charge in [0.1, 0.15) is 0 Å². The molecule has 2 nitrogen and oxygen atoms in total. The molecule has 0 atom stereocenters. The molecule has 96 valence electrons. The third-order valence-electron chi connectivity index (χ3n) is 4.49. The fraction of sp³-hybridized carbons (Fsp3) is 0.562. The van der Waals surface area contributed by atoms with E-state index in [1.165, 1.54) is 24.1 Å². The molecule has 1 fully saturated rings. The number of hydrogen-bond donors (Lipinski definition) is 1. The van der Waals surface area contributed by atoms with Crippen LogP contribution < -0.4 is 5.32 Å². The molecular weight excluding hydrogens is 222 g/mol. The maximum absolute atomic E-state index is 12.5. The van der Waals surface area contributed by atoms with Gasteiger partial charge in [0.25, 0.3) is 0 Å². The van der Waals surface area contributed by atoms with E-state index in [2.05, 4.69) is 24.4 Å². The zero-order valence-corrected chi connectivity index (χ0v) is 11.0. The van der Waals surface area contributed by atoms with Crippen LogP contribution >= 0.6 is 0 Å². The van der Waals surface area contributed by atoms with Crippen LogP contribution in [0.3, 0.4) is 0 Å². The van der Waals surface area contributed by atoms with Gasteiger partial charge in [0.05, 0.1) is 0 Å². The summed E-state index contributed by atoms with van der Waals surface area (Å²) in [6, 6.07) is 6.20. The van der Waals surface area contributed by atoms with E-state index in [1.807, 2.05) is 6.07 Å². The molecule has 0 unspecified atom stereocenters. The molecule has 0 saturated heterocycles. The van der Waals surface area contributed by atoms with Crippen LogP contribution in [-0.4, -0.2) is 12.3 Å². The summed E-state index contributed by atoms with van der Waals surface area (Å²) >= 11 is 0.